The fourth-order valence-corrected chi connectivity index (χ4v) is 5.61. The topological polar surface area (TPSA) is 91.7 Å². The van der Waals surface area contributed by atoms with E-state index >= 15 is 0 Å². The Morgan fingerprint density at radius 1 is 1.26 bits per heavy atom. The number of nitrogens with zero attached hydrogens (tertiary/aromatic N) is 3. The van der Waals surface area contributed by atoms with Crippen LogP contribution < -0.4 is 14.4 Å². The van der Waals surface area contributed by atoms with E-state index < -0.39 is 5.97 Å². The molecule has 184 valence electrons. The van der Waals surface area contributed by atoms with Gasteiger partial charge in [0.2, 0.25) is 0 Å². The average molecular weight is 536 g/mol. The van der Waals surface area contributed by atoms with Gasteiger partial charge in [-0.2, -0.15) is 0 Å². The third kappa shape index (κ3) is 5.22. The Labute approximate surface area is 217 Å². The SMILES string of the molecule is Cl.O=C(O)CC1=C(c2cc(Cl)cc3c2OCC(=O)N3CCCOc2ccccc2)N2CCN=C2S1. The Morgan fingerprint density at radius 2 is 2.06 bits per heavy atom. The quantitative estimate of drug-likeness (QED) is 0.496. The second-order valence-electron chi connectivity index (χ2n) is 7.91. The molecule has 1 N–H and O–H groups in total. The van der Waals surface area contributed by atoms with E-state index in [-0.39, 0.29) is 31.3 Å². The molecule has 0 spiro atoms. The molecular weight excluding hydrogens is 513 g/mol. The van der Waals surface area contributed by atoms with Crippen molar-refractivity contribution < 1.29 is 24.2 Å². The van der Waals surface area contributed by atoms with Crippen LogP contribution in [0.15, 0.2) is 52.4 Å². The highest BCUT2D eigenvalue weighted by Crippen LogP contribution is 2.49. The van der Waals surface area contributed by atoms with Crippen LogP contribution in [0.5, 0.6) is 11.5 Å². The molecule has 8 nitrogen and oxygen atoms in total. The van der Waals surface area contributed by atoms with Gasteiger partial charge < -0.3 is 24.4 Å². The van der Waals surface area contributed by atoms with Gasteiger partial charge in [-0.25, -0.2) is 0 Å². The van der Waals surface area contributed by atoms with Gasteiger partial charge in [0.15, 0.2) is 17.5 Å². The standard InChI is InChI=1S/C24H22ClN3O5S.ClH/c25-15-11-17(22-19(13-21(30)31)34-24-26-7-9-28(22)24)23-18(12-15)27(20(29)14-33-23)8-4-10-32-16-5-2-1-3-6-16;/h1-3,5-6,11-12H,4,7-10,13-14H2,(H,30,31);1H. The molecule has 0 saturated carbocycles. The molecule has 3 heterocycles. The molecule has 5 rings (SSSR count). The molecule has 2 aromatic rings. The number of amides is 1. The highest BCUT2D eigenvalue weighted by atomic mass is 35.5. The number of carbonyl (C=O) groups excluding carboxylic acids is 1. The number of aliphatic imine (C=N–C) groups is 1. The summed E-state index contributed by atoms with van der Waals surface area (Å²) < 4.78 is 11.7. The molecule has 0 unspecified atom stereocenters. The zero-order chi connectivity index (χ0) is 23.7. The molecule has 0 fully saturated rings. The molecular formula is C24H23Cl2N3O5S. The van der Waals surface area contributed by atoms with E-state index in [1.165, 1.54) is 11.8 Å². The normalized spacial score (nSPS) is 16.4. The lowest BCUT2D eigenvalue weighted by Gasteiger charge is -2.32. The molecule has 0 aliphatic carbocycles. The molecule has 35 heavy (non-hydrogen) atoms. The summed E-state index contributed by atoms with van der Waals surface area (Å²) in [5.74, 6) is 0.221. The van der Waals surface area contributed by atoms with E-state index in [2.05, 4.69) is 4.99 Å². The summed E-state index contributed by atoms with van der Waals surface area (Å²) in [5, 5.41) is 10.7. The van der Waals surface area contributed by atoms with Crippen molar-refractivity contribution in [2.24, 2.45) is 4.99 Å². The van der Waals surface area contributed by atoms with E-state index in [1.54, 1.807) is 17.0 Å². The number of halogens is 2. The summed E-state index contributed by atoms with van der Waals surface area (Å²) in [6, 6.07) is 13.0. The highest BCUT2D eigenvalue weighted by molar-refractivity contribution is 8.17. The number of amidine groups is 1. The molecule has 0 radical (unpaired) electrons. The van der Waals surface area contributed by atoms with Gasteiger partial charge in [0.1, 0.15) is 5.75 Å². The maximum atomic E-state index is 12.8. The van der Waals surface area contributed by atoms with Crippen LogP contribution in [0.25, 0.3) is 5.70 Å². The van der Waals surface area contributed by atoms with Crippen molar-refractivity contribution in [3.05, 3.63) is 58.0 Å². The Morgan fingerprint density at radius 3 is 2.83 bits per heavy atom. The molecule has 11 heteroatoms. The number of aliphatic carboxylic acids is 1. The largest absolute Gasteiger partial charge is 0.494 e. The maximum Gasteiger partial charge on any atom is 0.308 e. The smallest absolute Gasteiger partial charge is 0.308 e. The molecule has 0 saturated heterocycles. The zero-order valence-corrected chi connectivity index (χ0v) is 21.0. The van der Waals surface area contributed by atoms with Gasteiger partial charge in [0.05, 0.1) is 31.0 Å². The Hall–Kier alpha value is -2.88. The lowest BCUT2D eigenvalue weighted by atomic mass is 10.0. The van der Waals surface area contributed by atoms with Gasteiger partial charge in [-0.1, -0.05) is 41.6 Å². The van der Waals surface area contributed by atoms with Gasteiger partial charge >= 0.3 is 5.97 Å². The van der Waals surface area contributed by atoms with E-state index in [0.717, 1.165) is 16.6 Å². The summed E-state index contributed by atoms with van der Waals surface area (Å²) >= 11 is 7.86. The summed E-state index contributed by atoms with van der Waals surface area (Å²) in [6.45, 7) is 2.09. The van der Waals surface area contributed by atoms with Crippen molar-refractivity contribution in [3.63, 3.8) is 0 Å². The van der Waals surface area contributed by atoms with E-state index in [1.807, 2.05) is 35.2 Å². The van der Waals surface area contributed by atoms with Gasteiger partial charge in [-0.05, 0) is 30.7 Å². The number of para-hydroxylation sites is 1. The molecule has 2 aromatic carbocycles. The third-order valence-electron chi connectivity index (χ3n) is 5.62. The minimum Gasteiger partial charge on any atom is -0.494 e. The number of rotatable bonds is 8. The summed E-state index contributed by atoms with van der Waals surface area (Å²) in [7, 11) is 0. The summed E-state index contributed by atoms with van der Waals surface area (Å²) in [4.78, 5) is 33.1. The highest BCUT2D eigenvalue weighted by Gasteiger charge is 2.37. The number of fused-ring (bicyclic) bond motifs is 2. The minimum atomic E-state index is -0.922. The summed E-state index contributed by atoms with van der Waals surface area (Å²) in [6.07, 6.45) is 0.490. The van der Waals surface area contributed by atoms with Gasteiger partial charge in [-0.3, -0.25) is 14.6 Å². The molecule has 0 atom stereocenters. The number of hydrogen-bond acceptors (Lipinski definition) is 7. The van der Waals surface area contributed by atoms with Crippen LogP contribution in [0.4, 0.5) is 5.69 Å². The number of ether oxygens (including phenoxy) is 2. The predicted octanol–water partition coefficient (Wildman–Crippen LogP) is 4.52. The van der Waals surface area contributed by atoms with Crippen molar-refractivity contribution in [3.8, 4) is 11.5 Å². The van der Waals surface area contributed by atoms with Crippen molar-refractivity contribution >= 4 is 64.2 Å². The number of carbonyl (C=O) groups is 2. The molecule has 3 aliphatic heterocycles. The first kappa shape index (κ1) is 25.2. The van der Waals surface area contributed by atoms with Crippen LogP contribution in [0.1, 0.15) is 18.4 Å². The first-order chi connectivity index (χ1) is 16.5. The lowest BCUT2D eigenvalue weighted by Crippen LogP contribution is -2.40. The number of carboxylic acid groups (broad SMARTS) is 1. The van der Waals surface area contributed by atoms with Crippen LogP contribution in [0.3, 0.4) is 0 Å². The Bertz CT molecular complexity index is 1210. The number of carboxylic acids is 1. The van der Waals surface area contributed by atoms with Crippen LogP contribution >= 0.6 is 35.8 Å². The van der Waals surface area contributed by atoms with Gasteiger partial charge in [-0.15, -0.1) is 12.4 Å². The molecule has 1 amide bonds. The maximum absolute atomic E-state index is 12.8. The van der Waals surface area contributed by atoms with Crippen molar-refractivity contribution in [2.45, 2.75) is 12.8 Å². The van der Waals surface area contributed by atoms with Crippen molar-refractivity contribution in [1.29, 1.82) is 0 Å². The van der Waals surface area contributed by atoms with Crippen LogP contribution in [-0.2, 0) is 9.59 Å². The number of benzene rings is 2. The lowest BCUT2D eigenvalue weighted by molar-refractivity contribution is -0.136. The van der Waals surface area contributed by atoms with Crippen LogP contribution in [0, 0.1) is 0 Å². The molecule has 0 bridgehead atoms. The second kappa shape index (κ2) is 10.8. The molecule has 0 aromatic heterocycles. The van der Waals surface area contributed by atoms with Crippen LogP contribution in [-0.4, -0.2) is 59.9 Å². The first-order valence-corrected chi connectivity index (χ1v) is 12.1. The monoisotopic (exact) mass is 535 g/mol. The fraction of sp³-hybridized carbons (Fsp3) is 0.292. The zero-order valence-electron chi connectivity index (χ0n) is 18.6. The van der Waals surface area contributed by atoms with E-state index in [0.29, 0.717) is 59.6 Å². The number of anilines is 1. The summed E-state index contributed by atoms with van der Waals surface area (Å²) in [5.41, 5.74) is 2.00. The van der Waals surface area contributed by atoms with E-state index in [4.69, 9.17) is 21.1 Å². The van der Waals surface area contributed by atoms with Gasteiger partial charge in [0.25, 0.3) is 5.91 Å². The van der Waals surface area contributed by atoms with E-state index in [9.17, 15) is 14.7 Å². The third-order valence-corrected chi connectivity index (χ3v) is 6.96. The first-order valence-electron chi connectivity index (χ1n) is 10.9. The van der Waals surface area contributed by atoms with Crippen molar-refractivity contribution in [2.75, 3.05) is 37.7 Å². The Kier molecular flexibility index (Phi) is 7.78. The number of hydrogen-bond donors (Lipinski definition) is 1. The second-order valence-corrected chi connectivity index (χ2v) is 9.41. The predicted molar refractivity (Wildman–Crippen MR) is 139 cm³/mol. The van der Waals surface area contributed by atoms with Gasteiger partial charge in [0, 0.05) is 28.6 Å². The average Bonchev–Trinajstić information content (AvgIpc) is 3.38. The fourth-order valence-electron chi connectivity index (χ4n) is 4.21. The minimum absolute atomic E-state index is 0. The Balaban J connectivity index is 0.00000289. The van der Waals surface area contributed by atoms with Crippen molar-refractivity contribution in [1.82, 2.24) is 4.90 Å². The van der Waals surface area contributed by atoms with Crippen LogP contribution in [0.2, 0.25) is 5.02 Å². The number of thioether (sulfide) groups is 1. The molecule has 3 aliphatic rings.